The van der Waals surface area contributed by atoms with E-state index in [0.29, 0.717) is 5.92 Å². The standard InChI is InChI=1S/C11H20N2S/c1-8(2)6-10-13-9(7-14-10)11(3,4)12-5/h7-8,12H,6H2,1-5H3. The van der Waals surface area contributed by atoms with Crippen LogP contribution in [-0.2, 0) is 12.0 Å². The van der Waals surface area contributed by atoms with Gasteiger partial charge in [0.1, 0.15) is 0 Å². The van der Waals surface area contributed by atoms with Gasteiger partial charge in [0.2, 0.25) is 0 Å². The third-order valence-electron chi connectivity index (χ3n) is 2.40. The molecule has 0 aromatic carbocycles. The summed E-state index contributed by atoms with van der Waals surface area (Å²) in [4.78, 5) is 4.65. The Labute approximate surface area is 90.8 Å². The summed E-state index contributed by atoms with van der Waals surface area (Å²) >= 11 is 1.77. The van der Waals surface area contributed by atoms with E-state index in [-0.39, 0.29) is 5.54 Å². The van der Waals surface area contributed by atoms with Gasteiger partial charge in [0.25, 0.3) is 0 Å². The van der Waals surface area contributed by atoms with Gasteiger partial charge in [0.05, 0.1) is 16.2 Å². The molecule has 0 saturated heterocycles. The molecular weight excluding hydrogens is 192 g/mol. The molecule has 80 valence electrons. The lowest BCUT2D eigenvalue weighted by molar-refractivity contribution is 0.432. The molecular formula is C11H20N2S. The van der Waals surface area contributed by atoms with Crippen LogP contribution in [0.5, 0.6) is 0 Å². The van der Waals surface area contributed by atoms with Crippen LogP contribution in [0.15, 0.2) is 5.38 Å². The van der Waals surface area contributed by atoms with Crippen LogP contribution < -0.4 is 5.32 Å². The van der Waals surface area contributed by atoms with E-state index < -0.39 is 0 Å². The van der Waals surface area contributed by atoms with E-state index >= 15 is 0 Å². The van der Waals surface area contributed by atoms with Crippen molar-refractivity contribution < 1.29 is 0 Å². The summed E-state index contributed by atoms with van der Waals surface area (Å²) in [5, 5.41) is 6.68. The van der Waals surface area contributed by atoms with Gasteiger partial charge < -0.3 is 5.32 Å². The second kappa shape index (κ2) is 4.41. The summed E-state index contributed by atoms with van der Waals surface area (Å²) in [6.07, 6.45) is 1.09. The molecule has 0 amide bonds. The Morgan fingerprint density at radius 2 is 2.14 bits per heavy atom. The fraction of sp³-hybridized carbons (Fsp3) is 0.727. The van der Waals surface area contributed by atoms with Gasteiger partial charge in [-0.25, -0.2) is 4.98 Å². The van der Waals surface area contributed by atoms with Crippen LogP contribution in [0, 0.1) is 5.92 Å². The highest BCUT2D eigenvalue weighted by Gasteiger charge is 2.21. The summed E-state index contributed by atoms with van der Waals surface area (Å²) in [5.74, 6) is 0.687. The van der Waals surface area contributed by atoms with Gasteiger partial charge in [-0.05, 0) is 26.8 Å². The highest BCUT2D eigenvalue weighted by atomic mass is 32.1. The molecule has 14 heavy (non-hydrogen) atoms. The first-order chi connectivity index (χ1) is 6.45. The van der Waals surface area contributed by atoms with Gasteiger partial charge >= 0.3 is 0 Å². The predicted molar refractivity (Wildman–Crippen MR) is 62.7 cm³/mol. The largest absolute Gasteiger partial charge is 0.310 e. The molecule has 0 aliphatic carbocycles. The van der Waals surface area contributed by atoms with E-state index in [1.807, 2.05) is 7.05 Å². The van der Waals surface area contributed by atoms with Crippen molar-refractivity contribution in [3.8, 4) is 0 Å². The molecule has 0 unspecified atom stereocenters. The smallest absolute Gasteiger partial charge is 0.0931 e. The molecule has 1 N–H and O–H groups in total. The molecule has 0 radical (unpaired) electrons. The second-order valence-corrected chi connectivity index (χ2v) is 5.54. The minimum Gasteiger partial charge on any atom is -0.310 e. The number of rotatable bonds is 4. The van der Waals surface area contributed by atoms with Crippen LogP contribution in [-0.4, -0.2) is 12.0 Å². The van der Waals surface area contributed by atoms with Crippen LogP contribution in [0.3, 0.4) is 0 Å². The fourth-order valence-corrected chi connectivity index (χ4v) is 2.34. The zero-order valence-electron chi connectivity index (χ0n) is 9.72. The number of nitrogens with one attached hydrogen (secondary N) is 1. The normalized spacial score (nSPS) is 12.4. The van der Waals surface area contributed by atoms with Crippen LogP contribution >= 0.6 is 11.3 Å². The molecule has 1 heterocycles. The van der Waals surface area contributed by atoms with Crippen molar-refractivity contribution in [2.24, 2.45) is 5.92 Å². The fourth-order valence-electron chi connectivity index (χ4n) is 1.17. The molecule has 1 aromatic heterocycles. The molecule has 3 heteroatoms. The molecule has 0 aliphatic rings. The first-order valence-corrected chi connectivity index (χ1v) is 5.97. The van der Waals surface area contributed by atoms with E-state index in [1.165, 1.54) is 5.01 Å². The molecule has 0 aliphatic heterocycles. The maximum atomic E-state index is 4.65. The topological polar surface area (TPSA) is 24.9 Å². The maximum Gasteiger partial charge on any atom is 0.0931 e. The van der Waals surface area contributed by atoms with E-state index in [1.54, 1.807) is 11.3 Å². The van der Waals surface area contributed by atoms with E-state index in [9.17, 15) is 0 Å². The van der Waals surface area contributed by atoms with Gasteiger partial charge in [-0.2, -0.15) is 0 Å². The average Bonchev–Trinajstić information content (AvgIpc) is 2.52. The van der Waals surface area contributed by atoms with Crippen molar-refractivity contribution in [3.05, 3.63) is 16.1 Å². The quantitative estimate of drug-likeness (QED) is 0.830. The Balaban J connectivity index is 2.77. The number of thiazole rings is 1. The SMILES string of the molecule is CNC(C)(C)c1csc(CC(C)C)n1. The molecule has 2 nitrogen and oxygen atoms in total. The van der Waals surface area contributed by atoms with Gasteiger partial charge in [0, 0.05) is 11.8 Å². The lowest BCUT2D eigenvalue weighted by atomic mass is 10.0. The van der Waals surface area contributed by atoms with Crippen molar-refractivity contribution in [2.75, 3.05) is 7.05 Å². The average molecular weight is 212 g/mol. The van der Waals surface area contributed by atoms with E-state index in [0.717, 1.165) is 12.1 Å². The molecule has 0 saturated carbocycles. The summed E-state index contributed by atoms with van der Waals surface area (Å²) in [7, 11) is 1.97. The van der Waals surface area contributed by atoms with Crippen molar-refractivity contribution in [2.45, 2.75) is 39.7 Å². The number of hydrogen-bond donors (Lipinski definition) is 1. The Bertz CT molecular complexity index is 289. The minimum absolute atomic E-state index is 0.00820. The maximum absolute atomic E-state index is 4.65. The highest BCUT2D eigenvalue weighted by molar-refractivity contribution is 7.09. The molecule has 0 atom stereocenters. The van der Waals surface area contributed by atoms with Crippen molar-refractivity contribution in [1.82, 2.24) is 10.3 Å². The van der Waals surface area contributed by atoms with Gasteiger partial charge in [-0.3, -0.25) is 0 Å². The molecule has 0 fully saturated rings. The van der Waals surface area contributed by atoms with Crippen LogP contribution in [0.4, 0.5) is 0 Å². The first-order valence-electron chi connectivity index (χ1n) is 5.09. The van der Waals surface area contributed by atoms with Crippen LogP contribution in [0.2, 0.25) is 0 Å². The molecule has 1 rings (SSSR count). The number of nitrogens with zero attached hydrogens (tertiary/aromatic N) is 1. The summed E-state index contributed by atoms with van der Waals surface area (Å²) in [6.45, 7) is 8.76. The first kappa shape index (κ1) is 11.7. The van der Waals surface area contributed by atoms with Crippen molar-refractivity contribution in [3.63, 3.8) is 0 Å². The Morgan fingerprint density at radius 3 is 2.64 bits per heavy atom. The lowest BCUT2D eigenvalue weighted by Gasteiger charge is -2.21. The Hall–Kier alpha value is -0.410. The molecule has 1 aromatic rings. The van der Waals surface area contributed by atoms with Crippen LogP contribution in [0.1, 0.15) is 38.4 Å². The monoisotopic (exact) mass is 212 g/mol. The predicted octanol–water partition coefficient (Wildman–Crippen LogP) is 2.80. The van der Waals surface area contributed by atoms with Gasteiger partial charge in [-0.15, -0.1) is 11.3 Å². The number of hydrogen-bond acceptors (Lipinski definition) is 3. The molecule has 0 bridgehead atoms. The summed E-state index contributed by atoms with van der Waals surface area (Å²) < 4.78 is 0. The van der Waals surface area contributed by atoms with Crippen molar-refractivity contribution >= 4 is 11.3 Å². The highest BCUT2D eigenvalue weighted by Crippen LogP contribution is 2.23. The van der Waals surface area contributed by atoms with Gasteiger partial charge in [-0.1, -0.05) is 13.8 Å². The third-order valence-corrected chi connectivity index (χ3v) is 3.27. The van der Waals surface area contributed by atoms with E-state index in [4.69, 9.17) is 0 Å². The Kier molecular flexibility index (Phi) is 3.67. The van der Waals surface area contributed by atoms with Gasteiger partial charge in [0.15, 0.2) is 0 Å². The minimum atomic E-state index is -0.00820. The third kappa shape index (κ3) is 2.79. The van der Waals surface area contributed by atoms with E-state index in [2.05, 4.69) is 43.4 Å². The summed E-state index contributed by atoms with van der Waals surface area (Å²) in [6, 6.07) is 0. The molecule has 0 spiro atoms. The zero-order valence-corrected chi connectivity index (χ0v) is 10.5. The number of aromatic nitrogens is 1. The summed E-state index contributed by atoms with van der Waals surface area (Å²) in [5.41, 5.74) is 1.15. The lowest BCUT2D eigenvalue weighted by Crippen LogP contribution is -2.33. The second-order valence-electron chi connectivity index (χ2n) is 4.60. The van der Waals surface area contributed by atoms with Crippen LogP contribution in [0.25, 0.3) is 0 Å². The van der Waals surface area contributed by atoms with Crippen molar-refractivity contribution in [1.29, 1.82) is 0 Å². The Morgan fingerprint density at radius 1 is 1.50 bits per heavy atom. The zero-order chi connectivity index (χ0) is 10.8.